The molecule has 1 N–H and O–H groups in total. The van der Waals surface area contributed by atoms with Gasteiger partial charge in [-0.3, -0.25) is 0 Å². The van der Waals surface area contributed by atoms with Gasteiger partial charge in [0.1, 0.15) is 11.3 Å². The molecule has 0 heterocycles. The minimum absolute atomic E-state index is 0.203. The van der Waals surface area contributed by atoms with Crippen LogP contribution >= 0.6 is 0 Å². The molecule has 0 aromatic heterocycles. The van der Waals surface area contributed by atoms with Gasteiger partial charge < -0.3 is 14.6 Å². The molecule has 24 heavy (non-hydrogen) atoms. The second-order valence-electron chi connectivity index (χ2n) is 5.50. The number of para-hydroxylation sites is 1. The Labute approximate surface area is 143 Å². The summed E-state index contributed by atoms with van der Waals surface area (Å²) < 4.78 is 10.5. The normalized spacial score (nSPS) is 10.2. The molecule has 5 nitrogen and oxygen atoms in total. The van der Waals surface area contributed by atoms with E-state index in [0.717, 1.165) is 44.9 Å². The van der Waals surface area contributed by atoms with Crippen LogP contribution in [-0.4, -0.2) is 30.3 Å². The van der Waals surface area contributed by atoms with Crippen molar-refractivity contribution in [2.24, 2.45) is 0 Å². The van der Waals surface area contributed by atoms with Crippen LogP contribution in [0.3, 0.4) is 0 Å². The Kier molecular flexibility index (Phi) is 10.0. The first-order chi connectivity index (χ1) is 11.6. The van der Waals surface area contributed by atoms with Crippen LogP contribution in [0.2, 0.25) is 0 Å². The molecule has 5 heteroatoms. The zero-order valence-electron chi connectivity index (χ0n) is 14.0. The summed E-state index contributed by atoms with van der Waals surface area (Å²) in [6, 6.07) is 6.69. The lowest BCUT2D eigenvalue weighted by Crippen LogP contribution is -2.04. The van der Waals surface area contributed by atoms with Gasteiger partial charge in [-0.1, -0.05) is 50.8 Å². The van der Waals surface area contributed by atoms with Crippen molar-refractivity contribution in [3.05, 3.63) is 42.5 Å². The van der Waals surface area contributed by atoms with Gasteiger partial charge in [-0.2, -0.15) is 0 Å². The predicted octanol–water partition coefficient (Wildman–Crippen LogP) is 4.22. The number of ether oxygens (including phenoxy) is 2. The number of carbonyl (C=O) groups excluding carboxylic acids is 1. The number of carbonyl (C=O) groups is 2. The monoisotopic (exact) mass is 334 g/mol. The predicted molar refractivity (Wildman–Crippen MR) is 92.4 cm³/mol. The van der Waals surface area contributed by atoms with Crippen molar-refractivity contribution in [1.82, 2.24) is 0 Å². The molecule has 0 saturated heterocycles. The van der Waals surface area contributed by atoms with E-state index in [4.69, 9.17) is 14.6 Å². The van der Waals surface area contributed by atoms with Crippen LogP contribution in [0, 0.1) is 0 Å². The molecule has 1 aromatic carbocycles. The van der Waals surface area contributed by atoms with Crippen LogP contribution in [0.5, 0.6) is 5.75 Å². The highest BCUT2D eigenvalue weighted by molar-refractivity contribution is 5.90. The molecule has 1 rings (SSSR count). The number of hydrogen-bond acceptors (Lipinski definition) is 4. The molecule has 0 saturated carbocycles. The highest BCUT2D eigenvalue weighted by Gasteiger charge is 2.09. The Morgan fingerprint density at radius 2 is 1.54 bits per heavy atom. The van der Waals surface area contributed by atoms with Gasteiger partial charge >= 0.3 is 11.9 Å². The fraction of sp³-hybridized carbons (Fsp3) is 0.474. The molecule has 132 valence electrons. The first-order valence-corrected chi connectivity index (χ1v) is 8.39. The molecule has 0 aliphatic heterocycles. The Balaban J connectivity index is 1.99. The zero-order valence-corrected chi connectivity index (χ0v) is 14.0. The highest BCUT2D eigenvalue weighted by atomic mass is 16.5. The molecule has 0 aliphatic carbocycles. The molecule has 0 amide bonds. The van der Waals surface area contributed by atoms with E-state index in [-0.39, 0.29) is 11.5 Å². The van der Waals surface area contributed by atoms with Crippen molar-refractivity contribution in [2.75, 3.05) is 13.2 Å². The van der Waals surface area contributed by atoms with Crippen LogP contribution in [0.25, 0.3) is 0 Å². The summed E-state index contributed by atoms with van der Waals surface area (Å²) in [6.07, 6.45) is 8.45. The maximum absolute atomic E-state index is 11.0. The van der Waals surface area contributed by atoms with Gasteiger partial charge in [0, 0.05) is 6.08 Å². The topological polar surface area (TPSA) is 72.8 Å². The van der Waals surface area contributed by atoms with E-state index in [2.05, 4.69) is 6.58 Å². The maximum Gasteiger partial charge on any atom is 0.339 e. The highest BCUT2D eigenvalue weighted by Crippen LogP contribution is 2.18. The van der Waals surface area contributed by atoms with Gasteiger partial charge in [-0.05, 0) is 25.0 Å². The number of aromatic carboxylic acids is 1. The summed E-state index contributed by atoms with van der Waals surface area (Å²) in [7, 11) is 0. The molecule has 1 aromatic rings. The number of esters is 1. The standard InChI is InChI=1S/C19H26O5/c1-2-18(20)24-15-11-7-5-3-4-6-10-14-23-17-13-9-8-12-16(17)19(21)22/h2,8-9,12-13H,1,3-7,10-11,14-15H2,(H,21,22). The van der Waals surface area contributed by atoms with Gasteiger partial charge in [-0.25, -0.2) is 9.59 Å². The van der Waals surface area contributed by atoms with Crippen molar-refractivity contribution < 1.29 is 24.2 Å². The molecular weight excluding hydrogens is 308 g/mol. The number of hydrogen-bond donors (Lipinski definition) is 1. The average molecular weight is 334 g/mol. The van der Waals surface area contributed by atoms with Crippen molar-refractivity contribution in [3.8, 4) is 5.75 Å². The van der Waals surface area contributed by atoms with Gasteiger partial charge in [0.2, 0.25) is 0 Å². The van der Waals surface area contributed by atoms with E-state index in [0.29, 0.717) is 19.0 Å². The lowest BCUT2D eigenvalue weighted by Gasteiger charge is -2.08. The Hall–Kier alpha value is -2.30. The summed E-state index contributed by atoms with van der Waals surface area (Å²) in [5, 5.41) is 9.06. The van der Waals surface area contributed by atoms with E-state index >= 15 is 0 Å². The zero-order chi connectivity index (χ0) is 17.6. The van der Waals surface area contributed by atoms with Crippen LogP contribution in [0.1, 0.15) is 55.3 Å². The first kappa shape index (κ1) is 19.7. The molecule has 0 bridgehead atoms. The summed E-state index contributed by atoms with van der Waals surface area (Å²) >= 11 is 0. The van der Waals surface area contributed by atoms with E-state index in [1.165, 1.54) is 6.08 Å². The van der Waals surface area contributed by atoms with Gasteiger partial charge in [0.25, 0.3) is 0 Å². The Morgan fingerprint density at radius 1 is 0.958 bits per heavy atom. The summed E-state index contributed by atoms with van der Waals surface area (Å²) in [5.74, 6) is -0.900. The van der Waals surface area contributed by atoms with Crippen molar-refractivity contribution >= 4 is 11.9 Å². The van der Waals surface area contributed by atoms with E-state index in [1.54, 1.807) is 24.3 Å². The fourth-order valence-electron chi connectivity index (χ4n) is 2.27. The van der Waals surface area contributed by atoms with Gasteiger partial charge in [0.15, 0.2) is 0 Å². The van der Waals surface area contributed by atoms with E-state index < -0.39 is 5.97 Å². The van der Waals surface area contributed by atoms with Gasteiger partial charge in [-0.15, -0.1) is 0 Å². The summed E-state index contributed by atoms with van der Waals surface area (Å²) in [6.45, 7) is 4.33. The number of rotatable bonds is 13. The third kappa shape index (κ3) is 8.36. The Morgan fingerprint density at radius 3 is 2.17 bits per heavy atom. The minimum Gasteiger partial charge on any atom is -0.493 e. The smallest absolute Gasteiger partial charge is 0.339 e. The minimum atomic E-state index is -0.968. The number of carboxylic acid groups (broad SMARTS) is 1. The number of benzene rings is 1. The Bertz CT molecular complexity index is 524. The summed E-state index contributed by atoms with van der Waals surface area (Å²) in [4.78, 5) is 21.9. The third-order valence-electron chi connectivity index (χ3n) is 3.57. The quantitative estimate of drug-likeness (QED) is 0.332. The van der Waals surface area contributed by atoms with Crippen LogP contribution in [-0.2, 0) is 9.53 Å². The third-order valence-corrected chi connectivity index (χ3v) is 3.57. The summed E-state index contributed by atoms with van der Waals surface area (Å²) in [5.41, 5.74) is 0.203. The lowest BCUT2D eigenvalue weighted by atomic mass is 10.1. The lowest BCUT2D eigenvalue weighted by molar-refractivity contribution is -0.137. The van der Waals surface area contributed by atoms with Crippen LogP contribution in [0.15, 0.2) is 36.9 Å². The maximum atomic E-state index is 11.0. The van der Waals surface area contributed by atoms with Crippen molar-refractivity contribution in [2.45, 2.75) is 44.9 Å². The van der Waals surface area contributed by atoms with Crippen LogP contribution < -0.4 is 4.74 Å². The molecule has 0 radical (unpaired) electrons. The molecule has 0 atom stereocenters. The first-order valence-electron chi connectivity index (χ1n) is 8.39. The second kappa shape index (κ2) is 12.2. The van der Waals surface area contributed by atoms with Crippen molar-refractivity contribution in [1.29, 1.82) is 0 Å². The van der Waals surface area contributed by atoms with E-state index in [9.17, 15) is 9.59 Å². The number of unbranched alkanes of at least 4 members (excludes halogenated alkanes) is 6. The largest absolute Gasteiger partial charge is 0.493 e. The molecular formula is C19H26O5. The fourth-order valence-corrected chi connectivity index (χ4v) is 2.27. The molecule has 0 unspecified atom stereocenters. The SMILES string of the molecule is C=CC(=O)OCCCCCCCCCOc1ccccc1C(=O)O. The van der Waals surface area contributed by atoms with E-state index in [1.807, 2.05) is 0 Å². The van der Waals surface area contributed by atoms with Crippen molar-refractivity contribution in [3.63, 3.8) is 0 Å². The van der Waals surface area contributed by atoms with Crippen LogP contribution in [0.4, 0.5) is 0 Å². The molecule has 0 aliphatic rings. The number of carboxylic acids is 1. The molecule has 0 fully saturated rings. The average Bonchev–Trinajstić information content (AvgIpc) is 2.59. The molecule has 0 spiro atoms. The second-order valence-corrected chi connectivity index (χ2v) is 5.50. The van der Waals surface area contributed by atoms with Gasteiger partial charge in [0.05, 0.1) is 13.2 Å².